The molecule has 0 spiro atoms. The molecular weight excluding hydrogens is 360 g/mol. The smallest absolute Gasteiger partial charge is 0.240 e. The number of likely N-dealkylation sites (tertiary alicyclic amines) is 1. The van der Waals surface area contributed by atoms with Crippen molar-refractivity contribution in [3.8, 4) is 0 Å². The number of hydrogen-bond donors (Lipinski definition) is 1. The van der Waals surface area contributed by atoms with Crippen LogP contribution in [0, 0.1) is 6.92 Å². The van der Waals surface area contributed by atoms with Gasteiger partial charge in [-0.05, 0) is 23.6 Å². The Morgan fingerprint density at radius 3 is 2.59 bits per heavy atom. The summed E-state index contributed by atoms with van der Waals surface area (Å²) in [5, 5.41) is 4.15. The topological polar surface area (TPSA) is 68.2 Å². The molecule has 3 aromatic rings. The van der Waals surface area contributed by atoms with Crippen molar-refractivity contribution in [3.63, 3.8) is 0 Å². The summed E-state index contributed by atoms with van der Waals surface area (Å²) in [6.07, 6.45) is 0.697. The van der Waals surface area contributed by atoms with Crippen molar-refractivity contribution < 1.29 is 4.52 Å². The molecule has 0 radical (unpaired) electrons. The van der Waals surface area contributed by atoms with E-state index in [0.717, 1.165) is 18.9 Å². The minimum absolute atomic E-state index is 0. The molecule has 4 rings (SSSR count). The van der Waals surface area contributed by atoms with Crippen molar-refractivity contribution >= 4 is 12.4 Å². The van der Waals surface area contributed by atoms with Gasteiger partial charge in [-0.1, -0.05) is 59.8 Å². The number of nitrogens with zero attached hydrogens (tertiary/aromatic N) is 3. The third-order valence-electron chi connectivity index (χ3n) is 5.15. The lowest BCUT2D eigenvalue weighted by molar-refractivity contribution is 0.263. The first kappa shape index (κ1) is 19.5. The van der Waals surface area contributed by atoms with E-state index in [1.54, 1.807) is 0 Å². The molecule has 0 aliphatic carbocycles. The van der Waals surface area contributed by atoms with Gasteiger partial charge in [0.2, 0.25) is 5.89 Å². The highest BCUT2D eigenvalue weighted by molar-refractivity contribution is 5.85. The average Bonchev–Trinajstić information content (AvgIpc) is 3.24. The predicted octanol–water partition coefficient (Wildman–Crippen LogP) is 3.32. The lowest BCUT2D eigenvalue weighted by Crippen LogP contribution is -2.28. The molecule has 2 N–H and O–H groups in total. The fourth-order valence-corrected chi connectivity index (χ4v) is 3.69. The van der Waals surface area contributed by atoms with E-state index in [0.29, 0.717) is 24.8 Å². The largest absolute Gasteiger partial charge is 0.338 e. The summed E-state index contributed by atoms with van der Waals surface area (Å²) in [6, 6.07) is 18.9. The van der Waals surface area contributed by atoms with Gasteiger partial charge in [0.05, 0.1) is 6.54 Å². The highest BCUT2D eigenvalue weighted by Crippen LogP contribution is 2.27. The van der Waals surface area contributed by atoms with Crippen molar-refractivity contribution in [3.05, 3.63) is 83.0 Å². The van der Waals surface area contributed by atoms with E-state index >= 15 is 0 Å². The van der Waals surface area contributed by atoms with E-state index in [1.807, 2.05) is 18.2 Å². The molecule has 142 valence electrons. The van der Waals surface area contributed by atoms with Gasteiger partial charge in [0.15, 0.2) is 5.82 Å². The van der Waals surface area contributed by atoms with Crippen LogP contribution >= 0.6 is 12.4 Å². The molecule has 0 saturated carbocycles. The van der Waals surface area contributed by atoms with Gasteiger partial charge in [-0.3, -0.25) is 4.90 Å². The van der Waals surface area contributed by atoms with Gasteiger partial charge in [-0.2, -0.15) is 4.98 Å². The molecule has 2 atom stereocenters. The molecule has 1 fully saturated rings. The first-order valence-electron chi connectivity index (χ1n) is 9.08. The Balaban J connectivity index is 0.00000210. The lowest BCUT2D eigenvalue weighted by Gasteiger charge is -2.14. The van der Waals surface area contributed by atoms with E-state index in [9.17, 15) is 0 Å². The van der Waals surface area contributed by atoms with Gasteiger partial charge in [-0.25, -0.2) is 0 Å². The number of aromatic nitrogens is 2. The number of hydrogen-bond acceptors (Lipinski definition) is 5. The summed E-state index contributed by atoms with van der Waals surface area (Å²) < 4.78 is 5.47. The van der Waals surface area contributed by atoms with E-state index in [2.05, 4.69) is 58.4 Å². The fraction of sp³-hybridized carbons (Fsp3) is 0.333. The summed E-state index contributed by atoms with van der Waals surface area (Å²) in [6.45, 7) is 4.51. The quantitative estimate of drug-likeness (QED) is 0.730. The third-order valence-corrected chi connectivity index (χ3v) is 5.15. The Bertz CT molecular complexity index is 867. The van der Waals surface area contributed by atoms with E-state index in [-0.39, 0.29) is 18.4 Å². The summed E-state index contributed by atoms with van der Waals surface area (Å²) in [7, 11) is 0. The normalized spacial score (nSPS) is 19.8. The van der Waals surface area contributed by atoms with Crippen LogP contribution in [-0.2, 0) is 13.0 Å². The molecule has 2 aromatic carbocycles. The summed E-state index contributed by atoms with van der Waals surface area (Å²) in [5.41, 5.74) is 10.1. The SMILES string of the molecule is Cc1ccccc1Cc1noc(CN2C[C@@H](N)[C@H](c3ccccc3)C2)n1.Cl. The number of rotatable bonds is 5. The van der Waals surface area contributed by atoms with Crippen molar-refractivity contribution in [2.45, 2.75) is 31.8 Å². The summed E-state index contributed by atoms with van der Waals surface area (Å²) in [4.78, 5) is 6.87. The zero-order chi connectivity index (χ0) is 17.9. The lowest BCUT2D eigenvalue weighted by atomic mass is 9.95. The molecule has 1 aliphatic rings. The minimum atomic E-state index is 0. The Labute approximate surface area is 166 Å². The standard InChI is InChI=1S/C21H24N4O.ClH/c1-15-7-5-6-10-17(15)11-20-23-21(26-24-20)14-25-12-18(19(22)13-25)16-8-3-2-4-9-16;/h2-10,18-19H,11-14,22H2,1H3;1H/t18-,19+;/m0./s1. The van der Waals surface area contributed by atoms with E-state index in [1.165, 1.54) is 16.7 Å². The van der Waals surface area contributed by atoms with Crippen molar-refractivity contribution in [2.24, 2.45) is 5.73 Å². The maximum atomic E-state index is 6.37. The number of halogens is 1. The van der Waals surface area contributed by atoms with Gasteiger partial charge in [0.1, 0.15) is 0 Å². The van der Waals surface area contributed by atoms with Crippen LogP contribution in [0.25, 0.3) is 0 Å². The second kappa shape index (κ2) is 8.65. The van der Waals surface area contributed by atoms with E-state index in [4.69, 9.17) is 10.3 Å². The van der Waals surface area contributed by atoms with Crippen LogP contribution in [-0.4, -0.2) is 34.2 Å². The molecule has 1 aliphatic heterocycles. The molecule has 6 heteroatoms. The fourth-order valence-electron chi connectivity index (χ4n) is 3.69. The van der Waals surface area contributed by atoms with Crippen LogP contribution in [0.4, 0.5) is 0 Å². The molecule has 27 heavy (non-hydrogen) atoms. The van der Waals surface area contributed by atoms with Crippen molar-refractivity contribution in [1.29, 1.82) is 0 Å². The molecule has 5 nitrogen and oxygen atoms in total. The molecular formula is C21H25ClN4O. The van der Waals surface area contributed by atoms with E-state index < -0.39 is 0 Å². The Hall–Kier alpha value is -2.21. The second-order valence-corrected chi connectivity index (χ2v) is 7.08. The van der Waals surface area contributed by atoms with Gasteiger partial charge >= 0.3 is 0 Å². The molecule has 1 aromatic heterocycles. The first-order valence-corrected chi connectivity index (χ1v) is 9.08. The minimum Gasteiger partial charge on any atom is -0.338 e. The first-order chi connectivity index (χ1) is 12.7. The van der Waals surface area contributed by atoms with Crippen LogP contribution < -0.4 is 5.73 Å². The summed E-state index contributed by atoms with van der Waals surface area (Å²) >= 11 is 0. The molecule has 0 unspecified atom stereocenters. The zero-order valence-corrected chi connectivity index (χ0v) is 16.2. The highest BCUT2D eigenvalue weighted by Gasteiger charge is 2.31. The van der Waals surface area contributed by atoms with Crippen molar-refractivity contribution in [1.82, 2.24) is 15.0 Å². The van der Waals surface area contributed by atoms with Gasteiger partial charge < -0.3 is 10.3 Å². The number of benzene rings is 2. The molecule has 0 amide bonds. The third kappa shape index (κ3) is 4.56. The van der Waals surface area contributed by atoms with Crippen LogP contribution in [0.3, 0.4) is 0 Å². The molecule has 1 saturated heterocycles. The van der Waals surface area contributed by atoms with Gasteiger partial charge in [-0.15, -0.1) is 12.4 Å². The maximum Gasteiger partial charge on any atom is 0.240 e. The Morgan fingerprint density at radius 1 is 1.07 bits per heavy atom. The van der Waals surface area contributed by atoms with Crippen LogP contribution in [0.2, 0.25) is 0 Å². The predicted molar refractivity (Wildman–Crippen MR) is 108 cm³/mol. The van der Waals surface area contributed by atoms with Crippen LogP contribution in [0.5, 0.6) is 0 Å². The van der Waals surface area contributed by atoms with Crippen LogP contribution in [0.15, 0.2) is 59.1 Å². The van der Waals surface area contributed by atoms with Crippen molar-refractivity contribution in [2.75, 3.05) is 13.1 Å². The average molecular weight is 385 g/mol. The Kier molecular flexibility index (Phi) is 6.26. The second-order valence-electron chi connectivity index (χ2n) is 7.08. The Morgan fingerprint density at radius 2 is 1.81 bits per heavy atom. The number of aryl methyl sites for hydroxylation is 1. The maximum absolute atomic E-state index is 6.37. The van der Waals surface area contributed by atoms with Gasteiger partial charge in [0.25, 0.3) is 0 Å². The van der Waals surface area contributed by atoms with Gasteiger partial charge in [0, 0.05) is 31.5 Å². The molecule has 2 heterocycles. The molecule has 0 bridgehead atoms. The summed E-state index contributed by atoms with van der Waals surface area (Å²) in [5.74, 6) is 1.75. The monoisotopic (exact) mass is 384 g/mol. The highest BCUT2D eigenvalue weighted by atomic mass is 35.5. The van der Waals surface area contributed by atoms with Crippen LogP contribution in [0.1, 0.15) is 34.3 Å². The number of nitrogens with two attached hydrogens (primary N) is 1. The zero-order valence-electron chi connectivity index (χ0n) is 15.4.